The van der Waals surface area contributed by atoms with Gasteiger partial charge in [0, 0.05) is 37.4 Å². The fourth-order valence-electron chi connectivity index (χ4n) is 4.16. The van der Waals surface area contributed by atoms with Crippen molar-refractivity contribution in [3.8, 4) is 0 Å². The molecule has 5 nitrogen and oxygen atoms in total. The first-order valence-electron chi connectivity index (χ1n) is 9.54. The van der Waals surface area contributed by atoms with E-state index in [2.05, 4.69) is 11.5 Å². The van der Waals surface area contributed by atoms with Gasteiger partial charge in [-0.15, -0.1) is 6.58 Å². The second-order valence-corrected chi connectivity index (χ2v) is 7.50. The molecule has 1 aromatic rings. The van der Waals surface area contributed by atoms with Gasteiger partial charge in [0.2, 0.25) is 0 Å². The second-order valence-electron chi connectivity index (χ2n) is 7.50. The number of rotatable bonds is 5. The Balaban J connectivity index is 1.71. The summed E-state index contributed by atoms with van der Waals surface area (Å²) < 4.78 is 0. The van der Waals surface area contributed by atoms with Crippen molar-refractivity contribution in [3.05, 3.63) is 42.5 Å². The molecule has 0 aromatic heterocycles. The fraction of sp³-hybridized carbons (Fsp3) is 0.524. The third kappa shape index (κ3) is 3.76. The molecular weight excluding hydrogens is 328 g/mol. The number of carboxylic acid groups (broad SMARTS) is 1. The molecule has 0 unspecified atom stereocenters. The van der Waals surface area contributed by atoms with Crippen LogP contribution in [-0.4, -0.2) is 48.1 Å². The molecular formula is C21H28N2O3. The maximum atomic E-state index is 12.9. The first-order valence-corrected chi connectivity index (χ1v) is 9.54. The molecule has 26 heavy (non-hydrogen) atoms. The van der Waals surface area contributed by atoms with E-state index in [1.54, 1.807) is 11.0 Å². The molecule has 1 atom stereocenters. The first-order chi connectivity index (χ1) is 12.6. The molecule has 1 N–H and O–H groups in total. The van der Waals surface area contributed by atoms with E-state index >= 15 is 0 Å². The summed E-state index contributed by atoms with van der Waals surface area (Å²) in [5.41, 5.74) is 0.889. The minimum absolute atomic E-state index is 0.0791. The van der Waals surface area contributed by atoms with Crippen LogP contribution in [0, 0.1) is 5.41 Å². The van der Waals surface area contributed by atoms with E-state index < -0.39 is 11.4 Å². The van der Waals surface area contributed by atoms with Gasteiger partial charge in [0.05, 0.1) is 5.41 Å². The predicted molar refractivity (Wildman–Crippen MR) is 103 cm³/mol. The lowest BCUT2D eigenvalue weighted by atomic mass is 9.77. The lowest BCUT2D eigenvalue weighted by Gasteiger charge is -2.39. The Morgan fingerprint density at radius 2 is 1.77 bits per heavy atom. The standard InChI is InChI=1S/C21H28N2O3/c1-2-11-21(20(25)26)12-6-15-23(16-21)19(24)17-7-9-18(10-8-17)22-13-4-3-5-14-22/h2,7-10H,1,3-6,11-16H2,(H,25,26)/t21-/m0/s1. The number of likely N-dealkylation sites (tertiary alicyclic amines) is 1. The molecule has 0 bridgehead atoms. The van der Waals surface area contributed by atoms with Crippen molar-refractivity contribution in [2.24, 2.45) is 5.41 Å². The molecule has 2 heterocycles. The lowest BCUT2D eigenvalue weighted by molar-refractivity contribution is -0.151. The van der Waals surface area contributed by atoms with Gasteiger partial charge < -0.3 is 14.9 Å². The van der Waals surface area contributed by atoms with Gasteiger partial charge in [-0.2, -0.15) is 0 Å². The highest BCUT2D eigenvalue weighted by molar-refractivity contribution is 5.95. The predicted octanol–water partition coefficient (Wildman–Crippen LogP) is 3.56. The monoisotopic (exact) mass is 356 g/mol. The van der Waals surface area contributed by atoms with Gasteiger partial charge in [-0.1, -0.05) is 6.08 Å². The van der Waals surface area contributed by atoms with Crippen molar-refractivity contribution in [2.75, 3.05) is 31.1 Å². The highest BCUT2D eigenvalue weighted by Gasteiger charge is 2.42. The Hall–Kier alpha value is -2.30. The van der Waals surface area contributed by atoms with Crippen LogP contribution in [0.4, 0.5) is 5.69 Å². The minimum atomic E-state index is -0.899. The molecule has 0 saturated carbocycles. The number of aliphatic carboxylic acids is 1. The van der Waals surface area contributed by atoms with Crippen LogP contribution in [0.25, 0.3) is 0 Å². The van der Waals surface area contributed by atoms with Crippen LogP contribution in [0.15, 0.2) is 36.9 Å². The van der Waals surface area contributed by atoms with Crippen molar-refractivity contribution >= 4 is 17.6 Å². The topological polar surface area (TPSA) is 60.9 Å². The summed E-state index contributed by atoms with van der Waals surface area (Å²) >= 11 is 0. The van der Waals surface area contributed by atoms with Crippen LogP contribution >= 0.6 is 0 Å². The molecule has 140 valence electrons. The SMILES string of the molecule is C=CC[C@]1(C(=O)O)CCCN(C(=O)c2ccc(N3CCCCC3)cc2)C1. The average Bonchev–Trinajstić information content (AvgIpc) is 2.68. The van der Waals surface area contributed by atoms with Crippen LogP contribution in [-0.2, 0) is 4.79 Å². The molecule has 0 aliphatic carbocycles. The van der Waals surface area contributed by atoms with Crippen molar-refractivity contribution in [2.45, 2.75) is 38.5 Å². The zero-order valence-electron chi connectivity index (χ0n) is 15.3. The Morgan fingerprint density at radius 3 is 2.38 bits per heavy atom. The Kier molecular flexibility index (Phi) is 5.64. The fourth-order valence-corrected chi connectivity index (χ4v) is 4.16. The summed E-state index contributed by atoms with van der Waals surface area (Å²) in [6.07, 6.45) is 7.06. The zero-order valence-corrected chi connectivity index (χ0v) is 15.3. The number of hydrogen-bond acceptors (Lipinski definition) is 3. The van der Waals surface area contributed by atoms with Crippen LogP contribution in [0.5, 0.6) is 0 Å². The number of nitrogens with zero attached hydrogens (tertiary/aromatic N) is 2. The van der Waals surface area contributed by atoms with Gasteiger partial charge >= 0.3 is 5.97 Å². The molecule has 2 saturated heterocycles. The van der Waals surface area contributed by atoms with Gasteiger partial charge in [0.15, 0.2) is 0 Å². The second kappa shape index (κ2) is 7.94. The maximum Gasteiger partial charge on any atom is 0.311 e. The van der Waals surface area contributed by atoms with E-state index in [9.17, 15) is 14.7 Å². The number of carboxylic acids is 1. The molecule has 2 aliphatic heterocycles. The van der Waals surface area contributed by atoms with Crippen LogP contribution in [0.1, 0.15) is 48.9 Å². The van der Waals surface area contributed by atoms with Crippen LogP contribution in [0.2, 0.25) is 0 Å². The minimum Gasteiger partial charge on any atom is -0.481 e. The summed E-state index contributed by atoms with van der Waals surface area (Å²) in [6, 6.07) is 7.76. The molecule has 2 aliphatic rings. The molecule has 3 rings (SSSR count). The van der Waals surface area contributed by atoms with Crippen molar-refractivity contribution in [1.29, 1.82) is 0 Å². The Bertz CT molecular complexity index is 664. The van der Waals surface area contributed by atoms with Gasteiger partial charge in [-0.3, -0.25) is 9.59 Å². The third-order valence-electron chi connectivity index (χ3n) is 5.69. The quantitative estimate of drug-likeness (QED) is 0.820. The number of hydrogen-bond donors (Lipinski definition) is 1. The largest absolute Gasteiger partial charge is 0.481 e. The van der Waals surface area contributed by atoms with Gasteiger partial charge in [0.25, 0.3) is 5.91 Å². The van der Waals surface area contributed by atoms with Gasteiger partial charge in [0.1, 0.15) is 0 Å². The van der Waals surface area contributed by atoms with E-state index in [0.29, 0.717) is 31.4 Å². The normalized spacial score (nSPS) is 23.5. The third-order valence-corrected chi connectivity index (χ3v) is 5.69. The lowest BCUT2D eigenvalue weighted by Crippen LogP contribution is -2.49. The highest BCUT2D eigenvalue weighted by atomic mass is 16.4. The highest BCUT2D eigenvalue weighted by Crippen LogP contribution is 2.35. The molecule has 5 heteroatoms. The van der Waals surface area contributed by atoms with Gasteiger partial charge in [-0.05, 0) is 62.8 Å². The van der Waals surface area contributed by atoms with E-state index in [-0.39, 0.29) is 12.5 Å². The van der Waals surface area contributed by atoms with Crippen molar-refractivity contribution < 1.29 is 14.7 Å². The number of benzene rings is 1. The van der Waals surface area contributed by atoms with E-state index in [0.717, 1.165) is 18.8 Å². The van der Waals surface area contributed by atoms with E-state index in [4.69, 9.17) is 0 Å². The molecule has 0 spiro atoms. The zero-order chi connectivity index (χ0) is 18.6. The van der Waals surface area contributed by atoms with Crippen LogP contribution in [0.3, 0.4) is 0 Å². The van der Waals surface area contributed by atoms with Crippen LogP contribution < -0.4 is 4.90 Å². The molecule has 0 radical (unpaired) electrons. The summed E-state index contributed by atoms with van der Waals surface area (Å²) in [5, 5.41) is 9.68. The Morgan fingerprint density at radius 1 is 1.08 bits per heavy atom. The average molecular weight is 356 g/mol. The van der Waals surface area contributed by atoms with E-state index in [1.165, 1.54) is 19.3 Å². The van der Waals surface area contributed by atoms with Crippen molar-refractivity contribution in [3.63, 3.8) is 0 Å². The number of amides is 1. The molecule has 1 amide bonds. The smallest absolute Gasteiger partial charge is 0.311 e. The summed E-state index contributed by atoms with van der Waals surface area (Å²) in [4.78, 5) is 28.7. The molecule has 2 fully saturated rings. The Labute approximate surface area is 155 Å². The van der Waals surface area contributed by atoms with E-state index in [1.807, 2.05) is 24.3 Å². The summed E-state index contributed by atoms with van der Waals surface area (Å²) in [5.74, 6) is -0.917. The number of allylic oxidation sites excluding steroid dienone is 1. The maximum absolute atomic E-state index is 12.9. The first kappa shape index (κ1) is 18.5. The number of carbonyl (C=O) groups is 2. The van der Waals surface area contributed by atoms with Gasteiger partial charge in [-0.25, -0.2) is 0 Å². The van der Waals surface area contributed by atoms with Crippen molar-refractivity contribution in [1.82, 2.24) is 4.90 Å². The summed E-state index contributed by atoms with van der Waals surface area (Å²) in [7, 11) is 0. The summed E-state index contributed by atoms with van der Waals surface area (Å²) in [6.45, 7) is 6.70. The number of piperidine rings is 2. The molecule has 1 aromatic carbocycles. The number of carbonyl (C=O) groups excluding carboxylic acids is 1. The number of anilines is 1.